The molecule has 0 fully saturated rings. The molecule has 1 aliphatic heterocycles. The maximum atomic E-state index is 11.8. The van der Waals surface area contributed by atoms with E-state index in [2.05, 4.69) is 4.85 Å². The molecule has 0 atom stereocenters. The minimum Gasteiger partial charge on any atom is -0.460 e. The summed E-state index contributed by atoms with van der Waals surface area (Å²) >= 11 is 0. The van der Waals surface area contributed by atoms with Crippen LogP contribution >= 0.6 is 0 Å². The molecule has 0 unspecified atom stereocenters. The summed E-state index contributed by atoms with van der Waals surface area (Å²) < 4.78 is 27.7. The molecule has 6 heteroatoms. The predicted molar refractivity (Wildman–Crippen MR) is 60.9 cm³/mol. The number of esters is 1. The van der Waals surface area contributed by atoms with Gasteiger partial charge >= 0.3 is 11.5 Å². The van der Waals surface area contributed by atoms with Gasteiger partial charge in [-0.25, -0.2) is 19.8 Å². The van der Waals surface area contributed by atoms with Crippen molar-refractivity contribution in [1.82, 2.24) is 0 Å². The molecule has 5 nitrogen and oxygen atoms in total. The molecule has 0 amide bonds. The van der Waals surface area contributed by atoms with Gasteiger partial charge in [0.05, 0.1) is 31.0 Å². The lowest BCUT2D eigenvalue weighted by atomic mass is 9.96. The van der Waals surface area contributed by atoms with E-state index in [1.165, 1.54) is 0 Å². The summed E-state index contributed by atoms with van der Waals surface area (Å²) in [5.74, 6) is -0.528. The minimum absolute atomic E-state index is 0.000984. The van der Waals surface area contributed by atoms with E-state index in [1.54, 1.807) is 6.92 Å². The highest BCUT2D eigenvalue weighted by Gasteiger charge is 2.55. The number of rotatable bonds is 2. The third-order valence-corrected chi connectivity index (χ3v) is 4.75. The van der Waals surface area contributed by atoms with Crippen LogP contribution in [0.1, 0.15) is 19.8 Å². The number of carbonyl (C=O) groups is 1. The summed E-state index contributed by atoms with van der Waals surface area (Å²) in [6, 6.07) is 0. The Labute approximate surface area is 100 Å². The fourth-order valence-corrected chi connectivity index (χ4v) is 4.22. The van der Waals surface area contributed by atoms with Crippen LogP contribution in [0, 0.1) is 6.57 Å². The molecule has 0 saturated heterocycles. The van der Waals surface area contributed by atoms with Crippen LogP contribution in [0.4, 0.5) is 0 Å². The third kappa shape index (κ3) is 1.95. The highest BCUT2D eigenvalue weighted by Crippen LogP contribution is 2.43. The standard InChI is InChI=1S/C11H13NO4S/c1-3-16-10(13)11(12-2)4-8-6-17(14,15)7-9(8)5-11/h3-7H2,1H3. The lowest BCUT2D eigenvalue weighted by Gasteiger charge is -2.15. The molecular weight excluding hydrogens is 242 g/mol. The normalized spacial score (nSPS) is 24.2. The first-order valence-electron chi connectivity index (χ1n) is 5.38. The lowest BCUT2D eigenvalue weighted by molar-refractivity contribution is -0.147. The molecule has 0 saturated carbocycles. The summed E-state index contributed by atoms with van der Waals surface area (Å²) in [5, 5.41) is 0. The number of carbonyl (C=O) groups excluding carboxylic acids is 1. The van der Waals surface area contributed by atoms with E-state index in [1.807, 2.05) is 0 Å². The smallest absolute Gasteiger partial charge is 0.394 e. The summed E-state index contributed by atoms with van der Waals surface area (Å²) in [6.07, 6.45) is 0.424. The third-order valence-electron chi connectivity index (χ3n) is 3.17. The van der Waals surface area contributed by atoms with Gasteiger partial charge in [-0.2, -0.15) is 0 Å². The van der Waals surface area contributed by atoms with Crippen molar-refractivity contribution in [2.45, 2.75) is 25.3 Å². The Morgan fingerprint density at radius 1 is 1.41 bits per heavy atom. The Morgan fingerprint density at radius 2 is 1.94 bits per heavy atom. The number of hydrogen-bond acceptors (Lipinski definition) is 4. The summed E-state index contributed by atoms with van der Waals surface area (Å²) in [5.41, 5.74) is 0.291. The number of sulfone groups is 1. The zero-order valence-electron chi connectivity index (χ0n) is 9.52. The van der Waals surface area contributed by atoms with E-state index in [-0.39, 0.29) is 31.0 Å². The maximum Gasteiger partial charge on any atom is 0.394 e. The summed E-state index contributed by atoms with van der Waals surface area (Å²) in [6.45, 7) is 9.11. The first-order chi connectivity index (χ1) is 7.92. The molecule has 0 N–H and O–H groups in total. The molecule has 0 spiro atoms. The van der Waals surface area contributed by atoms with Crippen molar-refractivity contribution in [2.75, 3.05) is 18.1 Å². The van der Waals surface area contributed by atoms with Crippen molar-refractivity contribution >= 4 is 15.8 Å². The molecule has 2 aliphatic rings. The van der Waals surface area contributed by atoms with Gasteiger partial charge in [0.25, 0.3) is 0 Å². The van der Waals surface area contributed by atoms with Crippen LogP contribution in [0.5, 0.6) is 0 Å². The molecule has 2 rings (SSSR count). The van der Waals surface area contributed by atoms with Gasteiger partial charge in [-0.1, -0.05) is 0 Å². The van der Waals surface area contributed by atoms with Gasteiger partial charge in [0, 0.05) is 0 Å². The Balaban J connectivity index is 2.20. The molecular formula is C11H13NO4S. The topological polar surface area (TPSA) is 64.8 Å². The maximum absolute atomic E-state index is 11.8. The Hall–Kier alpha value is -1.35. The van der Waals surface area contributed by atoms with Gasteiger partial charge in [-0.05, 0) is 18.1 Å². The van der Waals surface area contributed by atoms with Crippen molar-refractivity contribution in [3.63, 3.8) is 0 Å². The van der Waals surface area contributed by atoms with Crippen LogP contribution in [0.15, 0.2) is 11.1 Å². The Kier molecular flexibility index (Phi) is 2.74. The lowest BCUT2D eigenvalue weighted by Crippen LogP contribution is -2.36. The first-order valence-corrected chi connectivity index (χ1v) is 7.20. The van der Waals surface area contributed by atoms with Crippen LogP contribution in [-0.2, 0) is 19.4 Å². The van der Waals surface area contributed by atoms with Crippen molar-refractivity contribution in [3.8, 4) is 0 Å². The summed E-state index contributed by atoms with van der Waals surface area (Å²) in [7, 11) is -3.03. The fraction of sp³-hybridized carbons (Fsp3) is 0.636. The van der Waals surface area contributed by atoms with Crippen LogP contribution in [-0.4, -0.2) is 38.0 Å². The quantitative estimate of drug-likeness (QED) is 0.414. The SMILES string of the molecule is [C-]#[N+]C1(C(=O)OCC)CC2=C(C1)CS(=O)(=O)C2. The second-order valence-corrected chi connectivity index (χ2v) is 6.52. The molecule has 0 bridgehead atoms. The average molecular weight is 255 g/mol. The van der Waals surface area contributed by atoms with Crippen LogP contribution < -0.4 is 0 Å². The Bertz CT molecular complexity index is 514. The highest BCUT2D eigenvalue weighted by atomic mass is 32.2. The summed E-state index contributed by atoms with van der Waals surface area (Å²) in [4.78, 5) is 15.2. The van der Waals surface area contributed by atoms with Gasteiger partial charge in [0.1, 0.15) is 0 Å². The van der Waals surface area contributed by atoms with E-state index in [9.17, 15) is 13.2 Å². The first kappa shape index (κ1) is 12.1. The second-order valence-electron chi connectivity index (χ2n) is 4.46. The molecule has 0 aromatic heterocycles. The van der Waals surface area contributed by atoms with Crippen LogP contribution in [0.3, 0.4) is 0 Å². The molecule has 0 radical (unpaired) electrons. The Morgan fingerprint density at radius 3 is 2.35 bits per heavy atom. The average Bonchev–Trinajstić information content (AvgIpc) is 2.69. The minimum atomic E-state index is -3.03. The number of ether oxygens (including phenoxy) is 1. The van der Waals surface area contributed by atoms with Crippen LogP contribution in [0.2, 0.25) is 0 Å². The van der Waals surface area contributed by atoms with Crippen LogP contribution in [0.25, 0.3) is 4.85 Å². The molecule has 17 heavy (non-hydrogen) atoms. The molecule has 0 aromatic rings. The molecule has 0 aromatic carbocycles. The van der Waals surface area contributed by atoms with Gasteiger partial charge in [0.2, 0.25) is 0 Å². The van der Waals surface area contributed by atoms with Gasteiger partial charge in [-0.3, -0.25) is 4.85 Å². The van der Waals surface area contributed by atoms with Gasteiger partial charge in [0.15, 0.2) is 9.84 Å². The second kappa shape index (κ2) is 3.84. The molecule has 1 heterocycles. The van der Waals surface area contributed by atoms with Crippen molar-refractivity contribution < 1.29 is 17.9 Å². The molecule has 1 aliphatic carbocycles. The van der Waals surface area contributed by atoms with E-state index in [0.717, 1.165) is 11.1 Å². The van der Waals surface area contributed by atoms with Crippen molar-refractivity contribution in [1.29, 1.82) is 0 Å². The van der Waals surface area contributed by atoms with Crippen molar-refractivity contribution in [2.24, 2.45) is 0 Å². The van der Waals surface area contributed by atoms with E-state index >= 15 is 0 Å². The van der Waals surface area contributed by atoms with E-state index in [0.29, 0.717) is 0 Å². The number of nitrogens with zero attached hydrogens (tertiary/aromatic N) is 1. The van der Waals surface area contributed by atoms with E-state index in [4.69, 9.17) is 11.3 Å². The molecule has 92 valence electrons. The van der Waals surface area contributed by atoms with Crippen molar-refractivity contribution in [3.05, 3.63) is 22.6 Å². The largest absolute Gasteiger partial charge is 0.460 e. The van der Waals surface area contributed by atoms with Gasteiger partial charge < -0.3 is 4.74 Å². The zero-order chi connectivity index (χ0) is 12.7. The highest BCUT2D eigenvalue weighted by molar-refractivity contribution is 7.92. The number of hydrogen-bond donors (Lipinski definition) is 0. The monoisotopic (exact) mass is 255 g/mol. The zero-order valence-corrected chi connectivity index (χ0v) is 10.3. The predicted octanol–water partition coefficient (Wildman–Crippen LogP) is 0.726. The van der Waals surface area contributed by atoms with Gasteiger partial charge in [-0.15, -0.1) is 0 Å². The fourth-order valence-electron chi connectivity index (χ4n) is 2.44. The van der Waals surface area contributed by atoms with E-state index < -0.39 is 21.3 Å².